The molecule has 0 aromatic heterocycles. The fourth-order valence-corrected chi connectivity index (χ4v) is 1.35. The van der Waals surface area contributed by atoms with E-state index in [2.05, 4.69) is 13.8 Å². The Balaban J connectivity index is 3.23. The van der Waals surface area contributed by atoms with E-state index in [-0.39, 0.29) is 6.61 Å². The number of rotatable bonds is 13. The molecule has 0 aliphatic heterocycles. The van der Waals surface area contributed by atoms with Crippen molar-refractivity contribution in [2.45, 2.75) is 26.7 Å². The van der Waals surface area contributed by atoms with Crippen molar-refractivity contribution in [3.8, 4) is 0 Å². The van der Waals surface area contributed by atoms with Crippen LogP contribution in [0.25, 0.3) is 0 Å². The third-order valence-electron chi connectivity index (χ3n) is 2.06. The minimum atomic E-state index is 0.0616. The highest BCUT2D eigenvalue weighted by atomic mass is 16.7. The summed E-state index contributed by atoms with van der Waals surface area (Å²) in [7, 11) is 0. The molecule has 0 rings (SSSR count). The van der Waals surface area contributed by atoms with E-state index in [0.29, 0.717) is 33.0 Å². The second kappa shape index (κ2) is 13.9. The van der Waals surface area contributed by atoms with Gasteiger partial charge in [0.15, 0.2) is 0 Å². The first-order valence-electron chi connectivity index (χ1n) is 6.49. The Hall–Kier alpha value is -0.200. The van der Waals surface area contributed by atoms with Gasteiger partial charge in [-0.25, -0.2) is 0 Å². The fraction of sp³-hybridized carbons (Fsp3) is 1.00. The van der Waals surface area contributed by atoms with E-state index in [1.807, 2.05) is 5.06 Å². The SMILES string of the molecule is CCCN(CCC)OCCOCCOCCO. The summed E-state index contributed by atoms with van der Waals surface area (Å²) < 4.78 is 10.4. The lowest BCUT2D eigenvalue weighted by Gasteiger charge is -2.20. The van der Waals surface area contributed by atoms with Crippen LogP contribution in [0.4, 0.5) is 0 Å². The van der Waals surface area contributed by atoms with Gasteiger partial charge in [-0.2, -0.15) is 5.06 Å². The molecular weight excluding hydrogens is 222 g/mol. The van der Waals surface area contributed by atoms with E-state index in [4.69, 9.17) is 19.4 Å². The number of ether oxygens (including phenoxy) is 2. The molecule has 0 heterocycles. The molecule has 0 fully saturated rings. The Morgan fingerprint density at radius 1 is 0.824 bits per heavy atom. The Kier molecular flexibility index (Phi) is 13.7. The van der Waals surface area contributed by atoms with Gasteiger partial charge in [-0.1, -0.05) is 13.8 Å². The zero-order valence-corrected chi connectivity index (χ0v) is 11.2. The molecule has 104 valence electrons. The molecule has 0 radical (unpaired) electrons. The Morgan fingerprint density at radius 2 is 1.35 bits per heavy atom. The van der Waals surface area contributed by atoms with Crippen LogP contribution in [0.1, 0.15) is 26.7 Å². The van der Waals surface area contributed by atoms with Crippen molar-refractivity contribution < 1.29 is 19.4 Å². The first-order chi connectivity index (χ1) is 8.35. The fourth-order valence-electron chi connectivity index (χ4n) is 1.35. The molecule has 5 nitrogen and oxygen atoms in total. The van der Waals surface area contributed by atoms with Crippen molar-refractivity contribution in [2.24, 2.45) is 0 Å². The highest BCUT2D eigenvalue weighted by Gasteiger charge is 2.01. The van der Waals surface area contributed by atoms with Crippen molar-refractivity contribution in [3.63, 3.8) is 0 Å². The van der Waals surface area contributed by atoms with Gasteiger partial charge in [-0.15, -0.1) is 0 Å². The summed E-state index contributed by atoms with van der Waals surface area (Å²) in [5, 5.41) is 10.5. The van der Waals surface area contributed by atoms with Gasteiger partial charge in [0.05, 0.1) is 39.6 Å². The Bertz CT molecular complexity index is 140. The summed E-state index contributed by atoms with van der Waals surface area (Å²) in [5.74, 6) is 0. The van der Waals surface area contributed by atoms with Gasteiger partial charge in [0, 0.05) is 13.1 Å². The van der Waals surface area contributed by atoms with Crippen LogP contribution in [0, 0.1) is 0 Å². The molecule has 0 aromatic carbocycles. The number of nitrogens with zero attached hydrogens (tertiary/aromatic N) is 1. The first kappa shape index (κ1) is 16.8. The standard InChI is InChI=1S/C12H27NO4/c1-3-5-13(6-4-2)17-12-11-16-10-9-15-8-7-14/h14H,3-12H2,1-2H3. The van der Waals surface area contributed by atoms with E-state index in [1.165, 1.54) is 0 Å². The van der Waals surface area contributed by atoms with Crippen molar-refractivity contribution in [3.05, 3.63) is 0 Å². The maximum atomic E-state index is 8.48. The molecule has 0 saturated carbocycles. The number of aliphatic hydroxyl groups is 1. The van der Waals surface area contributed by atoms with E-state index in [9.17, 15) is 0 Å². The molecule has 0 atom stereocenters. The monoisotopic (exact) mass is 249 g/mol. The van der Waals surface area contributed by atoms with Gasteiger partial charge in [0.2, 0.25) is 0 Å². The smallest absolute Gasteiger partial charge is 0.0918 e. The molecule has 0 saturated heterocycles. The summed E-state index contributed by atoms with van der Waals surface area (Å²) in [6.45, 7) is 8.88. The zero-order valence-electron chi connectivity index (χ0n) is 11.2. The molecule has 0 spiro atoms. The summed E-state index contributed by atoms with van der Waals surface area (Å²) in [5.41, 5.74) is 0. The average molecular weight is 249 g/mol. The molecule has 0 aliphatic carbocycles. The van der Waals surface area contributed by atoms with Gasteiger partial charge in [0.1, 0.15) is 0 Å². The highest BCUT2D eigenvalue weighted by molar-refractivity contribution is 4.43. The van der Waals surface area contributed by atoms with E-state index >= 15 is 0 Å². The summed E-state index contributed by atoms with van der Waals surface area (Å²) in [4.78, 5) is 5.58. The van der Waals surface area contributed by atoms with Crippen LogP contribution in [0.5, 0.6) is 0 Å². The number of hydrogen-bond acceptors (Lipinski definition) is 5. The van der Waals surface area contributed by atoms with Gasteiger partial charge in [-0.05, 0) is 12.8 Å². The second-order valence-corrected chi connectivity index (χ2v) is 3.71. The topological polar surface area (TPSA) is 51.2 Å². The van der Waals surface area contributed by atoms with Crippen LogP contribution in [0.2, 0.25) is 0 Å². The molecule has 0 unspecified atom stereocenters. The van der Waals surface area contributed by atoms with Crippen LogP contribution in [0.3, 0.4) is 0 Å². The van der Waals surface area contributed by atoms with Crippen LogP contribution < -0.4 is 0 Å². The maximum Gasteiger partial charge on any atom is 0.0918 e. The summed E-state index contributed by atoms with van der Waals surface area (Å²) >= 11 is 0. The third-order valence-corrected chi connectivity index (χ3v) is 2.06. The van der Waals surface area contributed by atoms with Gasteiger partial charge >= 0.3 is 0 Å². The Morgan fingerprint density at radius 3 is 1.88 bits per heavy atom. The molecule has 0 amide bonds. The lowest BCUT2D eigenvalue weighted by molar-refractivity contribution is -0.170. The van der Waals surface area contributed by atoms with E-state index in [1.54, 1.807) is 0 Å². The Labute approximate surface area is 105 Å². The molecular formula is C12H27NO4. The van der Waals surface area contributed by atoms with E-state index < -0.39 is 0 Å². The van der Waals surface area contributed by atoms with Crippen molar-refractivity contribution >= 4 is 0 Å². The van der Waals surface area contributed by atoms with Crippen LogP contribution >= 0.6 is 0 Å². The molecule has 0 aromatic rings. The molecule has 17 heavy (non-hydrogen) atoms. The van der Waals surface area contributed by atoms with E-state index in [0.717, 1.165) is 25.9 Å². The quantitative estimate of drug-likeness (QED) is 0.391. The van der Waals surface area contributed by atoms with Crippen LogP contribution in [-0.4, -0.2) is 62.9 Å². The predicted molar refractivity (Wildman–Crippen MR) is 66.8 cm³/mol. The maximum absolute atomic E-state index is 8.48. The molecule has 0 bridgehead atoms. The number of hydrogen-bond donors (Lipinski definition) is 1. The normalized spacial score (nSPS) is 11.3. The minimum absolute atomic E-state index is 0.0616. The zero-order chi connectivity index (χ0) is 12.8. The van der Waals surface area contributed by atoms with Crippen molar-refractivity contribution in [2.75, 3.05) is 52.7 Å². The predicted octanol–water partition coefficient (Wildman–Crippen LogP) is 1.07. The number of hydroxylamine groups is 2. The summed E-state index contributed by atoms with van der Waals surface area (Å²) in [6, 6.07) is 0. The van der Waals surface area contributed by atoms with Gasteiger partial charge in [0.25, 0.3) is 0 Å². The van der Waals surface area contributed by atoms with Gasteiger partial charge < -0.3 is 14.6 Å². The largest absolute Gasteiger partial charge is 0.394 e. The summed E-state index contributed by atoms with van der Waals surface area (Å²) in [6.07, 6.45) is 2.19. The first-order valence-corrected chi connectivity index (χ1v) is 6.49. The molecule has 0 aliphatic rings. The lowest BCUT2D eigenvalue weighted by atomic mass is 10.4. The third kappa shape index (κ3) is 12.1. The van der Waals surface area contributed by atoms with Crippen molar-refractivity contribution in [1.82, 2.24) is 5.06 Å². The molecule has 5 heteroatoms. The highest BCUT2D eigenvalue weighted by Crippen LogP contribution is 1.95. The lowest BCUT2D eigenvalue weighted by Crippen LogP contribution is -2.27. The minimum Gasteiger partial charge on any atom is -0.394 e. The van der Waals surface area contributed by atoms with Crippen LogP contribution in [-0.2, 0) is 14.3 Å². The van der Waals surface area contributed by atoms with Crippen molar-refractivity contribution in [1.29, 1.82) is 0 Å². The van der Waals surface area contributed by atoms with Gasteiger partial charge in [-0.3, -0.25) is 4.84 Å². The van der Waals surface area contributed by atoms with Crippen LogP contribution in [0.15, 0.2) is 0 Å². The number of aliphatic hydroxyl groups excluding tert-OH is 1. The second-order valence-electron chi connectivity index (χ2n) is 3.71. The average Bonchev–Trinajstić information content (AvgIpc) is 2.33. The molecule has 1 N–H and O–H groups in total.